The summed E-state index contributed by atoms with van der Waals surface area (Å²) in [4.78, 5) is 11.9. The fourth-order valence-electron chi connectivity index (χ4n) is 3.12. The van der Waals surface area contributed by atoms with Gasteiger partial charge in [-0.05, 0) is 19.8 Å². The lowest BCUT2D eigenvalue weighted by molar-refractivity contribution is -0.132. The fraction of sp³-hybridized carbons (Fsp3) is 0.750. The number of fused-ring (bicyclic) bond motifs is 1. The molecule has 0 aliphatic heterocycles. The van der Waals surface area contributed by atoms with Crippen LogP contribution in [0.15, 0.2) is 11.6 Å². The molecule has 0 saturated heterocycles. The molecule has 72 valence electrons. The topological polar surface area (TPSA) is 17.1 Å². The molecule has 13 heavy (non-hydrogen) atoms. The van der Waals surface area contributed by atoms with E-state index in [1.54, 1.807) is 0 Å². The van der Waals surface area contributed by atoms with Crippen molar-refractivity contribution >= 4 is 5.78 Å². The molecule has 0 aromatic rings. The average Bonchev–Trinajstić information content (AvgIpc) is 2.40. The molecule has 2 atom stereocenters. The Balaban J connectivity index is 2.53. The summed E-state index contributed by atoms with van der Waals surface area (Å²) in [6.45, 7) is 6.62. The summed E-state index contributed by atoms with van der Waals surface area (Å²) in [5.41, 5.74) is 1.56. The van der Waals surface area contributed by atoms with Crippen molar-refractivity contribution in [1.29, 1.82) is 0 Å². The van der Waals surface area contributed by atoms with E-state index in [0.29, 0.717) is 12.2 Å². The number of carbonyl (C=O) groups excluding carboxylic acids is 1. The van der Waals surface area contributed by atoms with Crippen LogP contribution in [0.2, 0.25) is 0 Å². The Morgan fingerprint density at radius 2 is 1.85 bits per heavy atom. The lowest BCUT2D eigenvalue weighted by Gasteiger charge is -2.43. The third kappa shape index (κ3) is 0.905. The van der Waals surface area contributed by atoms with Crippen molar-refractivity contribution in [3.63, 3.8) is 0 Å². The molecule has 0 radical (unpaired) electrons. The van der Waals surface area contributed by atoms with Gasteiger partial charge in [-0.3, -0.25) is 4.79 Å². The number of ketones is 1. The second-order valence-corrected chi connectivity index (χ2v) is 5.03. The molecule has 2 aliphatic carbocycles. The molecule has 0 heterocycles. The SMILES string of the molecule is CC1=CCC(=O)C2(C)CCCC12C. The molecule has 1 nitrogen and oxygen atoms in total. The molecule has 2 aliphatic rings. The first-order chi connectivity index (χ1) is 6.01. The summed E-state index contributed by atoms with van der Waals surface area (Å²) in [6.07, 6.45) is 6.29. The minimum Gasteiger partial charge on any atom is -0.299 e. The van der Waals surface area contributed by atoms with Gasteiger partial charge in [0.25, 0.3) is 0 Å². The smallest absolute Gasteiger partial charge is 0.143 e. The molecule has 1 heteroatoms. The summed E-state index contributed by atoms with van der Waals surface area (Å²) >= 11 is 0. The van der Waals surface area contributed by atoms with Crippen LogP contribution in [-0.4, -0.2) is 5.78 Å². The van der Waals surface area contributed by atoms with Crippen LogP contribution in [0.3, 0.4) is 0 Å². The number of Topliss-reactive ketones (excluding diaryl/α,β-unsaturated/α-hetero) is 1. The predicted molar refractivity (Wildman–Crippen MR) is 53.4 cm³/mol. The largest absolute Gasteiger partial charge is 0.299 e. The van der Waals surface area contributed by atoms with Gasteiger partial charge in [-0.25, -0.2) is 0 Å². The van der Waals surface area contributed by atoms with Gasteiger partial charge in [0, 0.05) is 17.3 Å². The Morgan fingerprint density at radius 3 is 2.46 bits per heavy atom. The van der Waals surface area contributed by atoms with E-state index in [1.807, 2.05) is 0 Å². The standard InChI is InChI=1S/C12H18O/c1-9-5-6-10(13)12(3)8-4-7-11(9,12)2/h5H,4,6-8H2,1-3H3. The van der Waals surface area contributed by atoms with Crippen molar-refractivity contribution < 1.29 is 4.79 Å². The number of carbonyl (C=O) groups is 1. The summed E-state index contributed by atoms with van der Waals surface area (Å²) in [5, 5.41) is 0. The molecule has 0 aromatic heterocycles. The molecule has 0 N–H and O–H groups in total. The van der Waals surface area contributed by atoms with Gasteiger partial charge in [-0.1, -0.05) is 31.9 Å². The summed E-state index contributed by atoms with van der Waals surface area (Å²) < 4.78 is 0. The third-order valence-electron chi connectivity index (χ3n) is 4.65. The third-order valence-corrected chi connectivity index (χ3v) is 4.65. The molecular formula is C12H18O. The van der Waals surface area contributed by atoms with Crippen molar-refractivity contribution in [2.45, 2.75) is 46.5 Å². The van der Waals surface area contributed by atoms with E-state index in [1.165, 1.54) is 18.4 Å². The second kappa shape index (κ2) is 2.46. The van der Waals surface area contributed by atoms with Crippen LogP contribution in [0.1, 0.15) is 46.5 Å². The number of allylic oxidation sites excluding steroid dienone is 2. The highest BCUT2D eigenvalue weighted by Crippen LogP contribution is 2.59. The van der Waals surface area contributed by atoms with Crippen molar-refractivity contribution in [1.82, 2.24) is 0 Å². The maximum Gasteiger partial charge on any atom is 0.143 e. The molecular weight excluding hydrogens is 160 g/mol. The zero-order valence-electron chi connectivity index (χ0n) is 8.81. The second-order valence-electron chi connectivity index (χ2n) is 5.03. The highest BCUT2D eigenvalue weighted by molar-refractivity contribution is 5.89. The van der Waals surface area contributed by atoms with E-state index in [0.717, 1.165) is 6.42 Å². The van der Waals surface area contributed by atoms with Gasteiger partial charge in [0.2, 0.25) is 0 Å². The Bertz CT molecular complexity index is 289. The molecule has 0 aromatic carbocycles. The normalized spacial score (nSPS) is 44.5. The van der Waals surface area contributed by atoms with Crippen LogP contribution in [0.25, 0.3) is 0 Å². The highest BCUT2D eigenvalue weighted by Gasteiger charge is 2.54. The van der Waals surface area contributed by atoms with E-state index in [2.05, 4.69) is 26.8 Å². The van der Waals surface area contributed by atoms with E-state index < -0.39 is 0 Å². The van der Waals surface area contributed by atoms with E-state index in [9.17, 15) is 4.79 Å². The van der Waals surface area contributed by atoms with Gasteiger partial charge in [0.15, 0.2) is 0 Å². The zero-order valence-corrected chi connectivity index (χ0v) is 8.81. The molecule has 1 saturated carbocycles. The zero-order chi connectivity index (χ0) is 9.69. The average molecular weight is 178 g/mol. The first-order valence-electron chi connectivity index (χ1n) is 5.21. The van der Waals surface area contributed by atoms with Crippen LogP contribution >= 0.6 is 0 Å². The van der Waals surface area contributed by atoms with Crippen LogP contribution < -0.4 is 0 Å². The molecule has 2 unspecified atom stereocenters. The quantitative estimate of drug-likeness (QED) is 0.521. The molecule has 0 spiro atoms. The first-order valence-corrected chi connectivity index (χ1v) is 5.21. The molecule has 0 amide bonds. The van der Waals surface area contributed by atoms with E-state index >= 15 is 0 Å². The van der Waals surface area contributed by atoms with E-state index in [4.69, 9.17) is 0 Å². The molecule has 1 fully saturated rings. The monoisotopic (exact) mass is 178 g/mol. The summed E-state index contributed by atoms with van der Waals surface area (Å²) in [7, 11) is 0. The number of rotatable bonds is 0. The summed E-state index contributed by atoms with van der Waals surface area (Å²) in [6, 6.07) is 0. The molecule has 0 bridgehead atoms. The minimum absolute atomic E-state index is 0.0498. The van der Waals surface area contributed by atoms with Gasteiger partial charge in [-0.2, -0.15) is 0 Å². The lowest BCUT2D eigenvalue weighted by Crippen LogP contribution is -2.42. The predicted octanol–water partition coefficient (Wildman–Crippen LogP) is 3.10. The van der Waals surface area contributed by atoms with Gasteiger partial charge in [-0.15, -0.1) is 0 Å². The van der Waals surface area contributed by atoms with Crippen LogP contribution in [0.4, 0.5) is 0 Å². The van der Waals surface area contributed by atoms with Gasteiger partial charge < -0.3 is 0 Å². The first kappa shape index (κ1) is 8.98. The lowest BCUT2D eigenvalue weighted by atomic mass is 9.59. The van der Waals surface area contributed by atoms with Gasteiger partial charge >= 0.3 is 0 Å². The maximum atomic E-state index is 11.9. The Kier molecular flexibility index (Phi) is 1.70. The maximum absolute atomic E-state index is 11.9. The molecule has 2 rings (SSSR count). The van der Waals surface area contributed by atoms with Crippen LogP contribution in [0.5, 0.6) is 0 Å². The van der Waals surface area contributed by atoms with Crippen LogP contribution in [-0.2, 0) is 4.79 Å². The number of hydrogen-bond acceptors (Lipinski definition) is 1. The fourth-order valence-corrected chi connectivity index (χ4v) is 3.12. The summed E-state index contributed by atoms with van der Waals surface area (Å²) in [5.74, 6) is 0.457. The van der Waals surface area contributed by atoms with Crippen LogP contribution in [0, 0.1) is 10.8 Å². The van der Waals surface area contributed by atoms with Crippen molar-refractivity contribution in [3.05, 3.63) is 11.6 Å². The number of hydrogen-bond donors (Lipinski definition) is 0. The van der Waals surface area contributed by atoms with Crippen molar-refractivity contribution in [2.75, 3.05) is 0 Å². The van der Waals surface area contributed by atoms with Gasteiger partial charge in [0.1, 0.15) is 5.78 Å². The minimum atomic E-state index is -0.0498. The highest BCUT2D eigenvalue weighted by atomic mass is 16.1. The Morgan fingerprint density at radius 1 is 1.23 bits per heavy atom. The van der Waals surface area contributed by atoms with E-state index in [-0.39, 0.29) is 10.8 Å². The van der Waals surface area contributed by atoms with Gasteiger partial charge in [0.05, 0.1) is 0 Å². The Labute approximate surface area is 80.2 Å². The Hall–Kier alpha value is -0.590. The van der Waals surface area contributed by atoms with Crippen molar-refractivity contribution in [2.24, 2.45) is 10.8 Å². The van der Waals surface area contributed by atoms with Crippen molar-refractivity contribution in [3.8, 4) is 0 Å².